The number of carbonyl (C=O) groups is 1. The van der Waals surface area contributed by atoms with Crippen molar-refractivity contribution in [1.29, 1.82) is 0 Å². The Balaban J connectivity index is 1.48. The molecule has 0 saturated heterocycles. The van der Waals surface area contributed by atoms with Crippen LogP contribution in [0.5, 0.6) is 0 Å². The smallest absolute Gasteiger partial charge is 0.336 e. The van der Waals surface area contributed by atoms with Crippen molar-refractivity contribution in [1.82, 2.24) is 0 Å². The van der Waals surface area contributed by atoms with Crippen molar-refractivity contribution in [2.24, 2.45) is 0 Å². The van der Waals surface area contributed by atoms with Gasteiger partial charge in [0, 0.05) is 28.4 Å². The Morgan fingerprint density at radius 2 is 1.62 bits per heavy atom. The third-order valence-corrected chi connectivity index (χ3v) is 6.15. The third-order valence-electron chi connectivity index (χ3n) is 4.48. The molecule has 0 aliphatic carbocycles. The van der Waals surface area contributed by atoms with Crippen LogP contribution in [0.2, 0.25) is 5.02 Å². The zero-order valence-electron chi connectivity index (χ0n) is 16.1. The summed E-state index contributed by atoms with van der Waals surface area (Å²) in [5, 5.41) is 3.06. The lowest BCUT2D eigenvalue weighted by Crippen LogP contribution is -2.14. The predicted octanol–water partition coefficient (Wildman–Crippen LogP) is 4.64. The molecule has 0 saturated carbocycles. The van der Waals surface area contributed by atoms with Gasteiger partial charge in [-0.3, -0.25) is 9.52 Å². The van der Waals surface area contributed by atoms with Gasteiger partial charge < -0.3 is 9.73 Å². The zero-order valence-corrected chi connectivity index (χ0v) is 17.7. The highest BCUT2D eigenvalue weighted by Crippen LogP contribution is 2.23. The molecule has 1 aromatic heterocycles. The summed E-state index contributed by atoms with van der Waals surface area (Å²) in [7, 11) is -3.99. The van der Waals surface area contributed by atoms with Crippen LogP contribution in [-0.4, -0.2) is 14.3 Å². The molecule has 0 atom stereocenters. The maximum Gasteiger partial charge on any atom is 0.336 e. The SMILES string of the molecule is O=C(Nc1ccc2oc(=O)ccc2c1)c1ccc(NS(=O)(=O)c2ccc(F)c(Cl)c2)cc1. The van der Waals surface area contributed by atoms with Gasteiger partial charge in [0.05, 0.1) is 9.92 Å². The lowest BCUT2D eigenvalue weighted by Gasteiger charge is -2.10. The number of halogens is 2. The summed E-state index contributed by atoms with van der Waals surface area (Å²) >= 11 is 5.65. The maximum atomic E-state index is 13.3. The quantitative estimate of drug-likeness (QED) is 0.412. The van der Waals surface area contributed by atoms with Gasteiger partial charge in [-0.25, -0.2) is 17.6 Å². The van der Waals surface area contributed by atoms with Crippen molar-refractivity contribution in [3.8, 4) is 0 Å². The van der Waals surface area contributed by atoms with Gasteiger partial charge in [0.1, 0.15) is 11.4 Å². The lowest BCUT2D eigenvalue weighted by molar-refractivity contribution is 0.102. The molecule has 2 N–H and O–H groups in total. The number of hydrogen-bond acceptors (Lipinski definition) is 5. The van der Waals surface area contributed by atoms with E-state index in [4.69, 9.17) is 16.0 Å². The minimum absolute atomic E-state index is 0.196. The average molecular weight is 473 g/mol. The Bertz CT molecular complexity index is 1500. The Kier molecular flexibility index (Phi) is 5.68. The fourth-order valence-corrected chi connectivity index (χ4v) is 4.23. The van der Waals surface area contributed by atoms with Gasteiger partial charge in [0.2, 0.25) is 0 Å². The van der Waals surface area contributed by atoms with E-state index < -0.39 is 27.4 Å². The molecular formula is C22H14ClFN2O5S. The summed E-state index contributed by atoms with van der Waals surface area (Å²) in [6.45, 7) is 0. The van der Waals surface area contributed by atoms with Crippen LogP contribution >= 0.6 is 11.6 Å². The van der Waals surface area contributed by atoms with Crippen molar-refractivity contribution in [2.45, 2.75) is 4.90 Å². The molecule has 162 valence electrons. The van der Waals surface area contributed by atoms with Gasteiger partial charge in [-0.05, 0) is 66.7 Å². The molecule has 0 spiro atoms. The van der Waals surface area contributed by atoms with E-state index in [2.05, 4.69) is 10.0 Å². The second-order valence-corrected chi connectivity index (χ2v) is 8.81. The molecule has 0 aliphatic rings. The van der Waals surface area contributed by atoms with E-state index in [-0.39, 0.29) is 21.2 Å². The molecule has 0 bridgehead atoms. The topological polar surface area (TPSA) is 105 Å². The first-order valence-electron chi connectivity index (χ1n) is 9.14. The Morgan fingerprint density at radius 1 is 0.906 bits per heavy atom. The minimum atomic E-state index is -3.99. The van der Waals surface area contributed by atoms with Gasteiger partial charge >= 0.3 is 5.63 Å². The molecule has 32 heavy (non-hydrogen) atoms. The second kappa shape index (κ2) is 8.45. The van der Waals surface area contributed by atoms with Crippen molar-refractivity contribution in [3.05, 3.63) is 99.6 Å². The number of amides is 1. The number of fused-ring (bicyclic) bond motifs is 1. The van der Waals surface area contributed by atoms with Crippen LogP contribution in [0.15, 0.2) is 86.9 Å². The Morgan fingerprint density at radius 3 is 2.34 bits per heavy atom. The number of rotatable bonds is 5. The lowest BCUT2D eigenvalue weighted by atomic mass is 10.1. The largest absolute Gasteiger partial charge is 0.423 e. The third kappa shape index (κ3) is 4.63. The molecule has 0 unspecified atom stereocenters. The van der Waals surface area contributed by atoms with Crippen LogP contribution in [0.3, 0.4) is 0 Å². The van der Waals surface area contributed by atoms with E-state index in [0.717, 1.165) is 18.2 Å². The van der Waals surface area contributed by atoms with Gasteiger partial charge in [0.15, 0.2) is 0 Å². The van der Waals surface area contributed by atoms with Crippen molar-refractivity contribution >= 4 is 49.9 Å². The van der Waals surface area contributed by atoms with Crippen molar-refractivity contribution < 1.29 is 22.0 Å². The minimum Gasteiger partial charge on any atom is -0.423 e. The molecule has 0 radical (unpaired) electrons. The van der Waals surface area contributed by atoms with Crippen LogP contribution < -0.4 is 15.7 Å². The van der Waals surface area contributed by atoms with Gasteiger partial charge in [-0.1, -0.05) is 11.6 Å². The van der Waals surface area contributed by atoms with Gasteiger partial charge in [-0.15, -0.1) is 0 Å². The van der Waals surface area contributed by atoms with Crippen LogP contribution in [0.1, 0.15) is 10.4 Å². The highest BCUT2D eigenvalue weighted by atomic mass is 35.5. The maximum absolute atomic E-state index is 13.3. The zero-order chi connectivity index (χ0) is 22.9. The summed E-state index contributed by atoms with van der Waals surface area (Å²) in [5.74, 6) is -1.14. The van der Waals surface area contributed by atoms with E-state index in [0.29, 0.717) is 16.7 Å². The first-order valence-corrected chi connectivity index (χ1v) is 11.0. The average Bonchev–Trinajstić information content (AvgIpc) is 2.76. The summed E-state index contributed by atoms with van der Waals surface area (Å²) in [5.41, 5.74) is 0.927. The number of anilines is 2. The molecule has 4 rings (SSSR count). The number of nitrogens with one attached hydrogen (secondary N) is 2. The molecule has 4 aromatic rings. The first-order chi connectivity index (χ1) is 15.2. The van der Waals surface area contributed by atoms with Crippen LogP contribution in [0, 0.1) is 5.82 Å². The highest BCUT2D eigenvalue weighted by Gasteiger charge is 2.16. The summed E-state index contributed by atoms with van der Waals surface area (Å²) in [6, 6.07) is 16.5. The highest BCUT2D eigenvalue weighted by molar-refractivity contribution is 7.92. The molecular weight excluding hydrogens is 459 g/mol. The van der Waals surface area contributed by atoms with Crippen LogP contribution in [0.25, 0.3) is 11.0 Å². The monoisotopic (exact) mass is 472 g/mol. The van der Waals surface area contributed by atoms with E-state index in [1.807, 2.05) is 0 Å². The number of hydrogen-bond donors (Lipinski definition) is 2. The van der Waals surface area contributed by atoms with E-state index >= 15 is 0 Å². The summed E-state index contributed by atoms with van der Waals surface area (Å²) in [6.07, 6.45) is 0. The molecule has 1 amide bonds. The van der Waals surface area contributed by atoms with Crippen molar-refractivity contribution in [3.63, 3.8) is 0 Å². The number of sulfonamides is 1. The molecule has 0 aliphatic heterocycles. The molecule has 1 heterocycles. The molecule has 7 nitrogen and oxygen atoms in total. The Labute approximate surface area is 186 Å². The summed E-state index contributed by atoms with van der Waals surface area (Å²) in [4.78, 5) is 23.6. The Hall–Kier alpha value is -3.69. The summed E-state index contributed by atoms with van der Waals surface area (Å²) < 4.78 is 45.6. The molecule has 3 aromatic carbocycles. The second-order valence-electron chi connectivity index (χ2n) is 6.72. The predicted molar refractivity (Wildman–Crippen MR) is 119 cm³/mol. The van der Waals surface area contributed by atoms with Crippen LogP contribution in [0.4, 0.5) is 15.8 Å². The van der Waals surface area contributed by atoms with Gasteiger partial charge in [0.25, 0.3) is 15.9 Å². The standard InChI is InChI=1S/C22H14ClFN2O5S/c23-18-12-17(7-8-19(18)24)32(29,30)26-15-4-1-13(2-5-15)22(28)25-16-6-9-20-14(11-16)3-10-21(27)31-20/h1-12,26H,(H,25,28). The van der Waals surface area contributed by atoms with E-state index in [1.54, 1.807) is 24.3 Å². The fourth-order valence-electron chi connectivity index (χ4n) is 2.90. The molecule has 0 fully saturated rings. The normalized spacial score (nSPS) is 11.3. The van der Waals surface area contributed by atoms with E-state index in [9.17, 15) is 22.4 Å². The fraction of sp³-hybridized carbons (Fsp3) is 0. The van der Waals surface area contributed by atoms with Gasteiger partial charge in [-0.2, -0.15) is 0 Å². The number of benzene rings is 3. The van der Waals surface area contributed by atoms with Crippen molar-refractivity contribution in [2.75, 3.05) is 10.0 Å². The van der Waals surface area contributed by atoms with E-state index in [1.165, 1.54) is 30.3 Å². The van der Waals surface area contributed by atoms with Crippen LogP contribution in [-0.2, 0) is 10.0 Å². The molecule has 10 heteroatoms. The first kappa shape index (κ1) is 21.5. The number of carbonyl (C=O) groups excluding carboxylic acids is 1.